The Morgan fingerprint density at radius 2 is 1.08 bits per heavy atom. The molecule has 0 aromatic heterocycles. The van der Waals surface area contributed by atoms with Gasteiger partial charge in [-0.05, 0) is 12.1 Å². The van der Waals surface area contributed by atoms with Gasteiger partial charge < -0.3 is 45.1 Å². The van der Waals surface area contributed by atoms with E-state index < -0.39 is 25.2 Å². The second-order valence-electron chi connectivity index (χ2n) is 2.69. The summed E-state index contributed by atoms with van der Waals surface area (Å²) in [7, 11) is -2.92. The average Bonchev–Trinajstić information content (AvgIpc) is 2.29. The first-order chi connectivity index (χ1) is 9.09. The molecule has 110 valence electrons. The zero-order chi connectivity index (χ0) is 16.3. The van der Waals surface area contributed by atoms with Crippen LogP contribution in [0.25, 0.3) is 0 Å². The number of carboxylic acid groups (broad SMARTS) is 3. The second kappa shape index (κ2) is 26.6. The van der Waals surface area contributed by atoms with Crippen molar-refractivity contribution in [1.82, 2.24) is 0 Å². The van der Waals surface area contributed by atoms with Crippen LogP contribution in [-0.2, 0) is 9.59 Å². The van der Waals surface area contributed by atoms with Gasteiger partial charge in [0.25, 0.3) is 0 Å². The SMILES string of the molecule is O=C(O)c1ccccc1O.O=C([O-])C(=O)[O-].[Li+].[Li+].[Li+].[Li+].[Li+].[O-]B([O-])[O-]. The summed E-state index contributed by atoms with van der Waals surface area (Å²) in [6.07, 6.45) is 0. The van der Waals surface area contributed by atoms with Crippen molar-refractivity contribution in [2.75, 3.05) is 0 Å². The Bertz CT molecular complexity index is 461. The fourth-order valence-electron chi connectivity index (χ4n) is 0.654. The zero-order valence-corrected chi connectivity index (χ0v) is 14.5. The van der Waals surface area contributed by atoms with E-state index in [4.69, 9.17) is 45.1 Å². The normalized spacial score (nSPS) is 6.52. The summed E-state index contributed by atoms with van der Waals surface area (Å²) in [5.74, 6) is -5.68. The van der Waals surface area contributed by atoms with E-state index in [1.54, 1.807) is 12.1 Å². The fraction of sp³-hybridized carbons (Fsp3) is 0. The molecule has 1 aromatic carbocycles. The average molecular weight is 320 g/mol. The molecule has 0 saturated carbocycles. The van der Waals surface area contributed by atoms with E-state index in [0.29, 0.717) is 0 Å². The number of benzene rings is 1. The summed E-state index contributed by atoms with van der Waals surface area (Å²) in [6, 6.07) is 5.81. The van der Waals surface area contributed by atoms with Crippen LogP contribution < -0.4 is 120 Å². The summed E-state index contributed by atoms with van der Waals surface area (Å²) in [6.45, 7) is 0. The number of hydrogen-bond acceptors (Lipinski definition) is 9. The standard InChI is InChI=1S/C7H6O3.C2H2O4.BO3.5Li/c8-6-4-2-1-3-5(6)7(9)10;3-1(4)2(5)6;2-1(3)4;;;;;/h1-4,8H,(H,9,10);(H,3,4)(H,5,6);;;;;;/q;;-3;5*+1/p-2. The van der Waals surface area contributed by atoms with E-state index in [9.17, 15) is 4.79 Å². The summed E-state index contributed by atoms with van der Waals surface area (Å²) in [5, 5.41) is 60.4. The largest absolute Gasteiger partial charge is 1.00 e. The molecule has 1 rings (SSSR count). The quantitative estimate of drug-likeness (QED) is 0.368. The number of para-hydroxylation sites is 1. The molecule has 0 aliphatic rings. The Morgan fingerprint density at radius 1 is 0.800 bits per heavy atom. The summed E-state index contributed by atoms with van der Waals surface area (Å²) < 4.78 is 0. The van der Waals surface area contributed by atoms with Crippen molar-refractivity contribution in [2.24, 2.45) is 0 Å². The van der Waals surface area contributed by atoms with Crippen molar-refractivity contribution in [3.63, 3.8) is 0 Å². The number of rotatable bonds is 1. The molecule has 0 radical (unpaired) electrons. The number of phenols is 1. The van der Waals surface area contributed by atoms with Crippen molar-refractivity contribution < 1.29 is 144 Å². The first-order valence-corrected chi connectivity index (χ1v) is 4.50. The van der Waals surface area contributed by atoms with E-state index in [2.05, 4.69) is 0 Å². The van der Waals surface area contributed by atoms with Crippen LogP contribution in [0.3, 0.4) is 0 Å². The first-order valence-electron chi connectivity index (χ1n) is 4.50. The van der Waals surface area contributed by atoms with Crippen LogP contribution in [-0.4, -0.2) is 35.4 Å². The van der Waals surface area contributed by atoms with Gasteiger partial charge in [0.1, 0.15) is 11.3 Å². The third kappa shape index (κ3) is 32.5. The third-order valence-electron chi connectivity index (χ3n) is 1.30. The van der Waals surface area contributed by atoms with Crippen LogP contribution in [0, 0.1) is 0 Å². The van der Waals surface area contributed by atoms with Crippen LogP contribution in [0.5, 0.6) is 5.75 Å². The Labute approximate surface area is 203 Å². The zero-order valence-electron chi connectivity index (χ0n) is 14.5. The maximum atomic E-state index is 10.3. The van der Waals surface area contributed by atoms with E-state index in [-0.39, 0.29) is 106 Å². The maximum absolute atomic E-state index is 10.3. The molecule has 1 aromatic rings. The van der Waals surface area contributed by atoms with Crippen LogP contribution in [0.15, 0.2) is 24.3 Å². The van der Waals surface area contributed by atoms with Crippen molar-refractivity contribution in [1.29, 1.82) is 0 Å². The Hall–Kier alpha value is 0.362. The van der Waals surface area contributed by atoms with Gasteiger partial charge in [-0.25, -0.2) is 4.79 Å². The topological polar surface area (TPSA) is 207 Å². The fourth-order valence-corrected chi connectivity index (χ4v) is 0.654. The molecule has 0 saturated heterocycles. The van der Waals surface area contributed by atoms with Gasteiger partial charge in [-0.3, -0.25) is 7.32 Å². The van der Waals surface area contributed by atoms with E-state index in [1.165, 1.54) is 12.1 Å². The number of hydrogen-bond donors (Lipinski definition) is 2. The minimum atomic E-state index is -2.92. The molecule has 2 N–H and O–H groups in total. The molecular weight excluding hydrogens is 314 g/mol. The number of aliphatic carboxylic acids is 2. The Morgan fingerprint density at radius 3 is 1.24 bits per heavy atom. The van der Waals surface area contributed by atoms with Crippen molar-refractivity contribution in [3.05, 3.63) is 29.8 Å². The molecular formula is C9H6BLi5O10. The smallest absolute Gasteiger partial charge is 0.907 e. The van der Waals surface area contributed by atoms with E-state index in [1.807, 2.05) is 0 Å². The predicted molar refractivity (Wildman–Crippen MR) is 50.8 cm³/mol. The third-order valence-corrected chi connectivity index (χ3v) is 1.30. The minimum Gasteiger partial charge on any atom is -0.907 e. The molecule has 0 bridgehead atoms. The molecule has 10 nitrogen and oxygen atoms in total. The van der Waals surface area contributed by atoms with Gasteiger partial charge in [0.15, 0.2) is 0 Å². The van der Waals surface area contributed by atoms with Crippen molar-refractivity contribution >= 4 is 25.2 Å². The maximum Gasteiger partial charge on any atom is 1.00 e. The van der Waals surface area contributed by atoms with Crippen LogP contribution in [0.4, 0.5) is 0 Å². The van der Waals surface area contributed by atoms with Crippen molar-refractivity contribution in [2.45, 2.75) is 0 Å². The Balaban J connectivity index is -0.0000000386. The molecule has 0 heterocycles. The van der Waals surface area contributed by atoms with Crippen molar-refractivity contribution in [3.8, 4) is 5.75 Å². The molecule has 25 heavy (non-hydrogen) atoms. The monoisotopic (exact) mass is 320 g/mol. The number of aromatic carboxylic acids is 1. The van der Waals surface area contributed by atoms with Gasteiger partial charge in [-0.2, -0.15) is 0 Å². The number of carbonyl (C=O) groups is 3. The molecule has 0 aliphatic carbocycles. The van der Waals surface area contributed by atoms with Crippen LogP contribution in [0.2, 0.25) is 0 Å². The molecule has 0 unspecified atom stereocenters. The molecule has 0 amide bonds. The van der Waals surface area contributed by atoms with Gasteiger partial charge in [0.2, 0.25) is 0 Å². The second-order valence-corrected chi connectivity index (χ2v) is 2.69. The van der Waals surface area contributed by atoms with Crippen LogP contribution >= 0.6 is 0 Å². The first kappa shape index (κ1) is 44.6. The summed E-state index contributed by atoms with van der Waals surface area (Å²) in [5.41, 5.74) is -0.0671. The molecule has 0 aliphatic heterocycles. The minimum absolute atomic E-state index is 0. The molecule has 16 heteroatoms. The van der Waals surface area contributed by atoms with Gasteiger partial charge in [-0.15, -0.1) is 0 Å². The molecule has 0 atom stereocenters. The predicted octanol–water partition coefficient (Wildman–Crippen LogP) is -21.4. The van der Waals surface area contributed by atoms with E-state index >= 15 is 0 Å². The molecule has 0 spiro atoms. The Kier molecular flexibility index (Phi) is 47.5. The summed E-state index contributed by atoms with van der Waals surface area (Å²) >= 11 is 0. The molecule has 0 fully saturated rings. The summed E-state index contributed by atoms with van der Waals surface area (Å²) in [4.78, 5) is 28.1. The van der Waals surface area contributed by atoms with Gasteiger partial charge in [-0.1, -0.05) is 12.1 Å². The number of carboxylic acids is 3. The van der Waals surface area contributed by atoms with Gasteiger partial charge >= 0.3 is 100 Å². The van der Waals surface area contributed by atoms with E-state index in [0.717, 1.165) is 0 Å². The number of aromatic hydroxyl groups is 1. The number of carbonyl (C=O) groups excluding carboxylic acids is 2. The van der Waals surface area contributed by atoms with Gasteiger partial charge in [0, 0.05) is 0 Å². The van der Waals surface area contributed by atoms with Crippen LogP contribution in [0.1, 0.15) is 10.4 Å². The van der Waals surface area contributed by atoms with Gasteiger partial charge in [0.05, 0.1) is 11.9 Å².